The van der Waals surface area contributed by atoms with Crippen molar-refractivity contribution in [2.75, 3.05) is 23.8 Å². The minimum atomic E-state index is 1.05. The molecule has 0 radical (unpaired) electrons. The van der Waals surface area contributed by atoms with Crippen LogP contribution in [0.15, 0.2) is 23.6 Å². The fraction of sp³-hybridized carbons (Fsp3) is 0.357. The summed E-state index contributed by atoms with van der Waals surface area (Å²) in [5.41, 5.74) is 5.00. The lowest BCUT2D eigenvalue weighted by atomic mass is 10.0. The molecule has 0 atom stereocenters. The second-order valence-corrected chi connectivity index (χ2v) is 5.54. The average molecular weight is 259 g/mol. The number of benzene rings is 1. The van der Waals surface area contributed by atoms with Gasteiger partial charge in [0, 0.05) is 30.3 Å². The number of hydrogen-bond acceptors (Lipinski definition) is 4. The topological polar surface area (TPSA) is 28.2 Å². The van der Waals surface area contributed by atoms with E-state index in [4.69, 9.17) is 0 Å². The molecule has 0 aliphatic carbocycles. The molecule has 0 amide bonds. The smallest absolute Gasteiger partial charge is 0.189 e. The van der Waals surface area contributed by atoms with Crippen molar-refractivity contribution in [1.82, 2.24) is 4.98 Å². The van der Waals surface area contributed by atoms with Gasteiger partial charge in [0.15, 0.2) is 5.13 Å². The Morgan fingerprint density at radius 2 is 2.28 bits per heavy atom. The molecule has 0 unspecified atom stereocenters. The number of hydrogen-bond donors (Lipinski definition) is 1. The fourth-order valence-electron chi connectivity index (χ4n) is 2.28. The van der Waals surface area contributed by atoms with Crippen molar-refractivity contribution in [3.05, 3.63) is 34.8 Å². The van der Waals surface area contributed by atoms with Gasteiger partial charge >= 0.3 is 0 Å². The van der Waals surface area contributed by atoms with Gasteiger partial charge in [-0.3, -0.25) is 0 Å². The zero-order valence-corrected chi connectivity index (χ0v) is 11.5. The van der Waals surface area contributed by atoms with Gasteiger partial charge in [-0.1, -0.05) is 0 Å². The number of anilines is 3. The predicted octanol–water partition coefficient (Wildman–Crippen LogP) is 3.58. The summed E-state index contributed by atoms with van der Waals surface area (Å²) in [6, 6.07) is 6.62. The lowest BCUT2D eigenvalue weighted by Gasteiger charge is -2.22. The van der Waals surface area contributed by atoms with E-state index in [0.29, 0.717) is 0 Å². The van der Waals surface area contributed by atoms with Crippen molar-refractivity contribution in [2.24, 2.45) is 0 Å². The lowest BCUT2D eigenvalue weighted by Crippen LogP contribution is -2.14. The Labute approximate surface area is 111 Å². The summed E-state index contributed by atoms with van der Waals surface area (Å²) in [5.74, 6) is 0. The first-order valence-electron chi connectivity index (χ1n) is 6.27. The first-order chi connectivity index (χ1) is 8.74. The Morgan fingerprint density at radius 1 is 1.39 bits per heavy atom. The van der Waals surface area contributed by atoms with E-state index in [9.17, 15) is 0 Å². The third-order valence-electron chi connectivity index (χ3n) is 3.31. The summed E-state index contributed by atoms with van der Waals surface area (Å²) in [7, 11) is 2.08. The van der Waals surface area contributed by atoms with E-state index < -0.39 is 0 Å². The minimum absolute atomic E-state index is 1.05. The van der Waals surface area contributed by atoms with Crippen LogP contribution in [0.4, 0.5) is 16.5 Å². The molecule has 1 N–H and O–H groups in total. The molecule has 3 rings (SSSR count). The zero-order chi connectivity index (χ0) is 12.5. The maximum absolute atomic E-state index is 4.53. The molecule has 0 saturated carbocycles. The number of thiazole rings is 1. The molecule has 2 aromatic rings. The lowest BCUT2D eigenvalue weighted by molar-refractivity contribution is 0.830. The van der Waals surface area contributed by atoms with Gasteiger partial charge in [0.05, 0.1) is 5.69 Å². The van der Waals surface area contributed by atoms with Gasteiger partial charge in [-0.25, -0.2) is 4.98 Å². The van der Waals surface area contributed by atoms with Crippen molar-refractivity contribution in [2.45, 2.75) is 19.8 Å². The summed E-state index contributed by atoms with van der Waals surface area (Å²) >= 11 is 1.69. The van der Waals surface area contributed by atoms with E-state index in [2.05, 4.69) is 45.8 Å². The molecule has 2 heterocycles. The Kier molecular flexibility index (Phi) is 2.96. The Hall–Kier alpha value is -1.55. The molecule has 1 aromatic heterocycles. The Bertz CT molecular complexity index is 562. The predicted molar refractivity (Wildman–Crippen MR) is 78.2 cm³/mol. The van der Waals surface area contributed by atoms with E-state index >= 15 is 0 Å². The normalized spacial score (nSPS) is 13.9. The molecular formula is C14H17N3S. The largest absolute Gasteiger partial charge is 0.385 e. The highest BCUT2D eigenvalue weighted by molar-refractivity contribution is 7.13. The molecule has 1 aliphatic heterocycles. The number of rotatable bonds is 2. The van der Waals surface area contributed by atoms with Crippen LogP contribution in [0.5, 0.6) is 0 Å². The fourth-order valence-corrected chi connectivity index (χ4v) is 3.06. The SMILES string of the molecule is Cc1csc(N(C)c2ccc3c(c2)CCCN3)n1. The molecular weight excluding hydrogens is 242 g/mol. The highest BCUT2D eigenvalue weighted by Crippen LogP contribution is 2.31. The maximum Gasteiger partial charge on any atom is 0.189 e. The number of aromatic nitrogens is 1. The van der Waals surface area contributed by atoms with Crippen LogP contribution in [0.2, 0.25) is 0 Å². The van der Waals surface area contributed by atoms with E-state index in [-0.39, 0.29) is 0 Å². The molecule has 94 valence electrons. The average Bonchev–Trinajstić information content (AvgIpc) is 2.84. The zero-order valence-electron chi connectivity index (χ0n) is 10.7. The van der Waals surface area contributed by atoms with Crippen LogP contribution in [-0.2, 0) is 6.42 Å². The summed E-state index contributed by atoms with van der Waals surface area (Å²) < 4.78 is 0. The number of aryl methyl sites for hydroxylation is 2. The van der Waals surface area contributed by atoms with Crippen molar-refractivity contribution >= 4 is 27.8 Å². The number of fused-ring (bicyclic) bond motifs is 1. The minimum Gasteiger partial charge on any atom is -0.385 e. The van der Waals surface area contributed by atoms with Crippen LogP contribution >= 0.6 is 11.3 Å². The van der Waals surface area contributed by atoms with Crippen molar-refractivity contribution in [1.29, 1.82) is 0 Å². The molecule has 0 spiro atoms. The highest BCUT2D eigenvalue weighted by atomic mass is 32.1. The summed E-state index contributed by atoms with van der Waals surface area (Å²) in [5, 5.41) is 6.58. The first-order valence-corrected chi connectivity index (χ1v) is 7.14. The summed E-state index contributed by atoms with van der Waals surface area (Å²) in [6.45, 7) is 3.12. The third-order valence-corrected chi connectivity index (χ3v) is 4.34. The Morgan fingerprint density at radius 3 is 3.06 bits per heavy atom. The van der Waals surface area contributed by atoms with Gasteiger partial charge in [-0.2, -0.15) is 0 Å². The number of nitrogens with zero attached hydrogens (tertiary/aromatic N) is 2. The van der Waals surface area contributed by atoms with E-state index in [1.54, 1.807) is 11.3 Å². The molecule has 0 bridgehead atoms. The number of nitrogens with one attached hydrogen (secondary N) is 1. The molecule has 0 saturated heterocycles. The monoisotopic (exact) mass is 259 g/mol. The van der Waals surface area contributed by atoms with Gasteiger partial charge in [-0.05, 0) is 43.5 Å². The molecule has 18 heavy (non-hydrogen) atoms. The molecule has 1 aliphatic rings. The maximum atomic E-state index is 4.53. The van der Waals surface area contributed by atoms with Crippen LogP contribution in [0, 0.1) is 6.92 Å². The Balaban J connectivity index is 1.92. The molecule has 1 aromatic carbocycles. The third kappa shape index (κ3) is 2.08. The van der Waals surface area contributed by atoms with Gasteiger partial charge < -0.3 is 10.2 Å². The van der Waals surface area contributed by atoms with E-state index in [1.165, 1.54) is 29.8 Å². The van der Waals surface area contributed by atoms with Gasteiger partial charge in [0.25, 0.3) is 0 Å². The van der Waals surface area contributed by atoms with Crippen molar-refractivity contribution in [3.63, 3.8) is 0 Å². The van der Waals surface area contributed by atoms with Crippen LogP contribution in [0.25, 0.3) is 0 Å². The second kappa shape index (κ2) is 4.61. The van der Waals surface area contributed by atoms with Crippen molar-refractivity contribution < 1.29 is 0 Å². The summed E-state index contributed by atoms with van der Waals surface area (Å²) in [6.07, 6.45) is 2.39. The van der Waals surface area contributed by atoms with E-state index in [0.717, 1.165) is 17.4 Å². The van der Waals surface area contributed by atoms with Crippen molar-refractivity contribution in [3.8, 4) is 0 Å². The van der Waals surface area contributed by atoms with Gasteiger partial charge in [-0.15, -0.1) is 11.3 Å². The quantitative estimate of drug-likeness (QED) is 0.893. The summed E-state index contributed by atoms with van der Waals surface area (Å²) in [4.78, 5) is 6.69. The van der Waals surface area contributed by atoms with E-state index in [1.807, 2.05) is 6.92 Å². The van der Waals surface area contributed by atoms with Gasteiger partial charge in [0.1, 0.15) is 0 Å². The van der Waals surface area contributed by atoms with Crippen LogP contribution < -0.4 is 10.2 Å². The molecule has 4 heteroatoms. The molecule has 3 nitrogen and oxygen atoms in total. The first kappa shape index (κ1) is 11.5. The van der Waals surface area contributed by atoms with Crippen LogP contribution in [-0.4, -0.2) is 18.6 Å². The molecule has 0 fully saturated rings. The van der Waals surface area contributed by atoms with Gasteiger partial charge in [0.2, 0.25) is 0 Å². The highest BCUT2D eigenvalue weighted by Gasteiger charge is 2.12. The standard InChI is InChI=1S/C14H17N3S/c1-10-9-18-14(16-10)17(2)12-5-6-13-11(8-12)4-3-7-15-13/h5-6,8-9,15H,3-4,7H2,1-2H3. The van der Waals surface area contributed by atoms with Crippen LogP contribution in [0.3, 0.4) is 0 Å². The second-order valence-electron chi connectivity index (χ2n) is 4.70. The van der Waals surface area contributed by atoms with Crippen LogP contribution in [0.1, 0.15) is 17.7 Å².